The highest BCUT2D eigenvalue weighted by atomic mass is 32.1. The fourth-order valence-corrected chi connectivity index (χ4v) is 4.21. The summed E-state index contributed by atoms with van der Waals surface area (Å²) >= 11 is 1.62. The number of benzene rings is 1. The molecule has 0 fully saturated rings. The number of ether oxygens (including phenoxy) is 1. The summed E-state index contributed by atoms with van der Waals surface area (Å²) in [5.41, 5.74) is 2.37. The number of carbonyl (C=O) groups excluding carboxylic acids is 2. The highest BCUT2D eigenvalue weighted by Crippen LogP contribution is 2.35. The third kappa shape index (κ3) is 2.22. The molecule has 4 rings (SSSR count). The van der Waals surface area contributed by atoms with Gasteiger partial charge in [-0.05, 0) is 29.5 Å². The number of thiophene rings is 1. The van der Waals surface area contributed by atoms with E-state index in [1.54, 1.807) is 22.4 Å². The molecule has 0 saturated carbocycles. The number of fused-ring (bicyclic) bond motifs is 2. The minimum absolute atomic E-state index is 0.153. The Balaban J connectivity index is 1.77. The van der Waals surface area contributed by atoms with Crippen LogP contribution < -0.4 is 0 Å². The van der Waals surface area contributed by atoms with Crippen molar-refractivity contribution in [3.8, 4) is 0 Å². The summed E-state index contributed by atoms with van der Waals surface area (Å²) < 4.78 is 4.97. The lowest BCUT2D eigenvalue weighted by atomic mass is 9.98. The SMILES string of the molecule is COC(=O)C1c2ccsc2CCN1C(=O)c1c[nH]c2ccccc12. The standard InChI is InChI=1S/C18H16N2O3S/c1-23-18(22)16-12-7-9-24-15(12)6-8-20(16)17(21)13-10-19-14-5-3-2-4-11(13)14/h2-5,7,9-10,16,19H,6,8H2,1H3. The number of esters is 1. The number of H-pyrrole nitrogens is 1. The van der Waals surface area contributed by atoms with E-state index in [0.717, 1.165) is 27.8 Å². The van der Waals surface area contributed by atoms with Crippen LogP contribution in [0.3, 0.4) is 0 Å². The summed E-state index contributed by atoms with van der Waals surface area (Å²) in [5.74, 6) is -0.553. The Morgan fingerprint density at radius 2 is 2.12 bits per heavy atom. The van der Waals surface area contributed by atoms with Gasteiger partial charge in [0, 0.05) is 28.5 Å². The van der Waals surface area contributed by atoms with Crippen LogP contribution in [0.5, 0.6) is 0 Å². The van der Waals surface area contributed by atoms with Crippen LogP contribution in [0.25, 0.3) is 10.9 Å². The topological polar surface area (TPSA) is 62.4 Å². The van der Waals surface area contributed by atoms with Crippen LogP contribution >= 0.6 is 11.3 Å². The third-order valence-corrected chi connectivity index (χ3v) is 5.47. The van der Waals surface area contributed by atoms with Crippen LogP contribution in [-0.4, -0.2) is 35.4 Å². The molecule has 122 valence electrons. The maximum Gasteiger partial charge on any atom is 0.333 e. The first-order valence-corrected chi connectivity index (χ1v) is 8.60. The minimum Gasteiger partial charge on any atom is -0.467 e. The van der Waals surface area contributed by atoms with Gasteiger partial charge < -0.3 is 14.6 Å². The van der Waals surface area contributed by atoms with Gasteiger partial charge in [-0.25, -0.2) is 4.79 Å². The molecule has 2 aromatic heterocycles. The zero-order valence-corrected chi connectivity index (χ0v) is 13.9. The van der Waals surface area contributed by atoms with Gasteiger partial charge in [-0.2, -0.15) is 0 Å². The molecule has 0 saturated heterocycles. The molecule has 0 bridgehead atoms. The number of para-hydroxylation sites is 1. The highest BCUT2D eigenvalue weighted by Gasteiger charge is 2.38. The van der Waals surface area contributed by atoms with Gasteiger partial charge in [0.2, 0.25) is 0 Å². The lowest BCUT2D eigenvalue weighted by Crippen LogP contribution is -2.43. The number of nitrogens with zero attached hydrogens (tertiary/aromatic N) is 1. The number of aromatic amines is 1. The molecule has 1 aliphatic rings. The molecule has 1 aliphatic heterocycles. The lowest BCUT2D eigenvalue weighted by Gasteiger charge is -2.33. The number of nitrogens with one attached hydrogen (secondary N) is 1. The molecule has 1 unspecified atom stereocenters. The van der Waals surface area contributed by atoms with Gasteiger partial charge in [-0.3, -0.25) is 4.79 Å². The number of hydrogen-bond donors (Lipinski definition) is 1. The van der Waals surface area contributed by atoms with Gasteiger partial charge in [-0.1, -0.05) is 18.2 Å². The second-order valence-corrected chi connectivity index (χ2v) is 6.72. The molecule has 0 aliphatic carbocycles. The van der Waals surface area contributed by atoms with Crippen LogP contribution in [-0.2, 0) is 16.0 Å². The first-order valence-electron chi connectivity index (χ1n) is 7.72. The molecule has 3 aromatic rings. The summed E-state index contributed by atoms with van der Waals surface area (Å²) in [6.07, 6.45) is 2.47. The van der Waals surface area contributed by atoms with E-state index < -0.39 is 12.0 Å². The molecule has 0 radical (unpaired) electrons. The molecule has 1 N–H and O–H groups in total. The van der Waals surface area contributed by atoms with Gasteiger partial charge in [0.1, 0.15) is 0 Å². The Morgan fingerprint density at radius 3 is 2.96 bits per heavy atom. The quantitative estimate of drug-likeness (QED) is 0.729. The second-order valence-electron chi connectivity index (χ2n) is 5.72. The van der Waals surface area contributed by atoms with Gasteiger partial charge in [0.15, 0.2) is 6.04 Å². The fourth-order valence-electron chi connectivity index (χ4n) is 3.30. The van der Waals surface area contributed by atoms with Crippen LogP contribution in [0.2, 0.25) is 0 Å². The molecule has 1 amide bonds. The van der Waals surface area contributed by atoms with Gasteiger partial charge in [0.25, 0.3) is 5.91 Å². The van der Waals surface area contributed by atoms with Crippen molar-refractivity contribution < 1.29 is 14.3 Å². The van der Waals surface area contributed by atoms with Gasteiger partial charge in [0.05, 0.1) is 12.7 Å². The average molecular weight is 340 g/mol. The van der Waals surface area contributed by atoms with Gasteiger partial charge >= 0.3 is 5.97 Å². The molecule has 0 spiro atoms. The van der Waals surface area contributed by atoms with Crippen molar-refractivity contribution in [3.63, 3.8) is 0 Å². The smallest absolute Gasteiger partial charge is 0.333 e. The van der Waals surface area contributed by atoms with E-state index in [-0.39, 0.29) is 5.91 Å². The monoisotopic (exact) mass is 340 g/mol. The van der Waals surface area contributed by atoms with Crippen LogP contribution in [0.1, 0.15) is 26.8 Å². The Labute approximate surface area is 142 Å². The van der Waals surface area contributed by atoms with Crippen molar-refractivity contribution in [1.82, 2.24) is 9.88 Å². The molecule has 5 nitrogen and oxygen atoms in total. The van der Waals surface area contributed by atoms with Crippen molar-refractivity contribution in [2.75, 3.05) is 13.7 Å². The van der Waals surface area contributed by atoms with Crippen molar-refractivity contribution in [2.24, 2.45) is 0 Å². The molecular formula is C18H16N2O3S. The summed E-state index contributed by atoms with van der Waals surface area (Å²) in [4.78, 5) is 31.4. The fraction of sp³-hybridized carbons (Fsp3) is 0.222. The predicted octanol–water partition coefficient (Wildman–Crippen LogP) is 3.14. The summed E-state index contributed by atoms with van der Waals surface area (Å²) in [5, 5.41) is 2.82. The maximum atomic E-state index is 13.1. The number of rotatable bonds is 2. The Bertz CT molecular complexity index is 927. The lowest BCUT2D eigenvalue weighted by molar-refractivity contribution is -0.146. The molecule has 24 heavy (non-hydrogen) atoms. The molecule has 3 heterocycles. The van der Waals surface area contributed by atoms with E-state index in [2.05, 4.69) is 4.98 Å². The molecule has 1 atom stereocenters. The van der Waals surface area contributed by atoms with E-state index in [1.165, 1.54) is 7.11 Å². The number of carbonyl (C=O) groups is 2. The third-order valence-electron chi connectivity index (χ3n) is 4.47. The van der Waals surface area contributed by atoms with Crippen molar-refractivity contribution in [3.05, 3.63) is 57.9 Å². The second kappa shape index (κ2) is 5.79. The molecule has 1 aromatic carbocycles. The molecule has 6 heteroatoms. The summed E-state index contributed by atoms with van der Waals surface area (Å²) in [7, 11) is 1.36. The van der Waals surface area contributed by atoms with E-state index in [1.807, 2.05) is 35.7 Å². The van der Waals surface area contributed by atoms with Crippen molar-refractivity contribution >= 4 is 34.1 Å². The van der Waals surface area contributed by atoms with Crippen molar-refractivity contribution in [1.29, 1.82) is 0 Å². The highest BCUT2D eigenvalue weighted by molar-refractivity contribution is 7.10. The predicted molar refractivity (Wildman–Crippen MR) is 92.1 cm³/mol. The number of aromatic nitrogens is 1. The van der Waals surface area contributed by atoms with E-state index in [0.29, 0.717) is 12.1 Å². The zero-order valence-electron chi connectivity index (χ0n) is 13.1. The first-order chi connectivity index (χ1) is 11.7. The Kier molecular flexibility index (Phi) is 3.61. The number of methoxy groups -OCH3 is 1. The minimum atomic E-state index is -0.675. The number of hydrogen-bond acceptors (Lipinski definition) is 4. The van der Waals surface area contributed by atoms with Crippen LogP contribution in [0.15, 0.2) is 41.9 Å². The first kappa shape index (κ1) is 15.0. The van der Waals surface area contributed by atoms with E-state index in [4.69, 9.17) is 4.74 Å². The Morgan fingerprint density at radius 1 is 1.29 bits per heavy atom. The number of amides is 1. The average Bonchev–Trinajstić information content (AvgIpc) is 3.26. The van der Waals surface area contributed by atoms with E-state index >= 15 is 0 Å². The summed E-state index contributed by atoms with van der Waals surface area (Å²) in [6, 6.07) is 8.89. The largest absolute Gasteiger partial charge is 0.467 e. The zero-order chi connectivity index (χ0) is 16.7. The van der Waals surface area contributed by atoms with Crippen LogP contribution in [0.4, 0.5) is 0 Å². The van der Waals surface area contributed by atoms with Gasteiger partial charge in [-0.15, -0.1) is 11.3 Å². The summed E-state index contributed by atoms with van der Waals surface area (Å²) in [6.45, 7) is 0.506. The normalized spacial score (nSPS) is 16.9. The maximum absolute atomic E-state index is 13.1. The Hall–Kier alpha value is -2.60. The van der Waals surface area contributed by atoms with Crippen molar-refractivity contribution in [2.45, 2.75) is 12.5 Å². The van der Waals surface area contributed by atoms with E-state index in [9.17, 15) is 9.59 Å². The molecular weight excluding hydrogens is 324 g/mol. The van der Waals surface area contributed by atoms with Crippen LogP contribution in [0, 0.1) is 0 Å².